The van der Waals surface area contributed by atoms with Crippen LogP contribution in [0.15, 0.2) is 18.2 Å². The van der Waals surface area contributed by atoms with Gasteiger partial charge in [0.1, 0.15) is 5.82 Å². The molecule has 0 spiro atoms. The van der Waals surface area contributed by atoms with Crippen molar-refractivity contribution in [3.05, 3.63) is 35.1 Å². The van der Waals surface area contributed by atoms with Gasteiger partial charge in [-0.15, -0.1) is 0 Å². The van der Waals surface area contributed by atoms with E-state index in [9.17, 15) is 9.18 Å². The van der Waals surface area contributed by atoms with Crippen LogP contribution in [0.5, 0.6) is 0 Å². The van der Waals surface area contributed by atoms with Crippen molar-refractivity contribution in [1.82, 2.24) is 0 Å². The van der Waals surface area contributed by atoms with Gasteiger partial charge in [0.05, 0.1) is 12.2 Å². The van der Waals surface area contributed by atoms with E-state index in [0.717, 1.165) is 12.8 Å². The van der Waals surface area contributed by atoms with Crippen molar-refractivity contribution in [2.75, 3.05) is 6.61 Å². The molecule has 2 nitrogen and oxygen atoms in total. The third-order valence-corrected chi connectivity index (χ3v) is 2.14. The average molecular weight is 210 g/mol. The maximum Gasteiger partial charge on any atom is 0.338 e. The zero-order valence-electron chi connectivity index (χ0n) is 9.05. The molecule has 0 atom stereocenters. The first-order valence-electron chi connectivity index (χ1n) is 5.08. The number of carbonyl (C=O) groups is 1. The van der Waals surface area contributed by atoms with Crippen molar-refractivity contribution >= 4 is 5.97 Å². The van der Waals surface area contributed by atoms with Gasteiger partial charge in [0.15, 0.2) is 0 Å². The van der Waals surface area contributed by atoms with Gasteiger partial charge in [-0.05, 0) is 37.1 Å². The number of carbonyl (C=O) groups excluding carboxylic acids is 1. The normalized spacial score (nSPS) is 10.1. The second-order valence-corrected chi connectivity index (χ2v) is 3.45. The second kappa shape index (κ2) is 5.49. The molecule has 0 amide bonds. The fourth-order valence-corrected chi connectivity index (χ4v) is 1.24. The summed E-state index contributed by atoms with van der Waals surface area (Å²) in [5.74, 6) is -0.710. The molecule has 1 aromatic rings. The maximum absolute atomic E-state index is 12.8. The van der Waals surface area contributed by atoms with E-state index in [1.54, 1.807) is 6.92 Å². The number of hydrogen-bond donors (Lipinski definition) is 0. The zero-order chi connectivity index (χ0) is 11.3. The van der Waals surface area contributed by atoms with Gasteiger partial charge in [-0.25, -0.2) is 9.18 Å². The monoisotopic (exact) mass is 210 g/mol. The highest BCUT2D eigenvalue weighted by molar-refractivity contribution is 5.90. The summed E-state index contributed by atoms with van der Waals surface area (Å²) in [5, 5.41) is 0. The van der Waals surface area contributed by atoms with E-state index in [2.05, 4.69) is 0 Å². The highest BCUT2D eigenvalue weighted by Gasteiger charge is 2.10. The van der Waals surface area contributed by atoms with Gasteiger partial charge in [-0.2, -0.15) is 0 Å². The molecule has 0 aliphatic carbocycles. The minimum atomic E-state index is -0.374. The Labute approximate surface area is 89.1 Å². The number of benzene rings is 1. The molecular formula is C12H15FO2. The Morgan fingerprint density at radius 2 is 2.20 bits per heavy atom. The third kappa shape index (κ3) is 3.35. The number of ether oxygens (including phenoxy) is 1. The highest BCUT2D eigenvalue weighted by Crippen LogP contribution is 2.11. The van der Waals surface area contributed by atoms with Crippen LogP contribution < -0.4 is 0 Å². The van der Waals surface area contributed by atoms with Crippen LogP contribution in [0, 0.1) is 12.7 Å². The molecule has 0 aromatic heterocycles. The van der Waals surface area contributed by atoms with Crippen molar-refractivity contribution < 1.29 is 13.9 Å². The summed E-state index contributed by atoms with van der Waals surface area (Å²) < 4.78 is 17.8. The van der Waals surface area contributed by atoms with Crippen LogP contribution in [0.2, 0.25) is 0 Å². The highest BCUT2D eigenvalue weighted by atomic mass is 19.1. The van der Waals surface area contributed by atoms with Gasteiger partial charge in [-0.1, -0.05) is 13.3 Å². The summed E-state index contributed by atoms with van der Waals surface area (Å²) in [6, 6.07) is 4.05. The molecule has 0 saturated heterocycles. The molecule has 0 unspecified atom stereocenters. The topological polar surface area (TPSA) is 26.3 Å². The lowest BCUT2D eigenvalue weighted by molar-refractivity contribution is 0.0499. The number of halogens is 1. The van der Waals surface area contributed by atoms with E-state index < -0.39 is 0 Å². The number of rotatable bonds is 4. The molecule has 0 aliphatic heterocycles. The smallest absolute Gasteiger partial charge is 0.338 e. The van der Waals surface area contributed by atoms with Crippen LogP contribution >= 0.6 is 0 Å². The predicted molar refractivity (Wildman–Crippen MR) is 56.3 cm³/mol. The Hall–Kier alpha value is -1.38. The molecule has 15 heavy (non-hydrogen) atoms. The quantitative estimate of drug-likeness (QED) is 0.564. The Bertz CT molecular complexity index is 347. The average Bonchev–Trinajstić information content (AvgIpc) is 2.17. The summed E-state index contributed by atoms with van der Waals surface area (Å²) in [4.78, 5) is 11.5. The van der Waals surface area contributed by atoms with Gasteiger partial charge < -0.3 is 4.74 Å². The van der Waals surface area contributed by atoms with Crippen molar-refractivity contribution in [3.63, 3.8) is 0 Å². The molecule has 1 rings (SSSR count). The summed E-state index contributed by atoms with van der Waals surface area (Å²) >= 11 is 0. The van der Waals surface area contributed by atoms with E-state index in [1.807, 2.05) is 6.92 Å². The lowest BCUT2D eigenvalue weighted by Gasteiger charge is -2.06. The largest absolute Gasteiger partial charge is 0.462 e. The molecule has 0 radical (unpaired) electrons. The first kappa shape index (κ1) is 11.7. The standard InChI is InChI=1S/C12H15FO2/c1-3-4-7-15-12(14)11-6-5-10(13)8-9(11)2/h5-6,8H,3-4,7H2,1-2H3. The van der Waals surface area contributed by atoms with Crippen LogP contribution in [0.3, 0.4) is 0 Å². The van der Waals surface area contributed by atoms with Gasteiger partial charge in [-0.3, -0.25) is 0 Å². The molecule has 0 fully saturated rings. The summed E-state index contributed by atoms with van der Waals surface area (Å²) in [6.45, 7) is 4.14. The number of esters is 1. The number of hydrogen-bond acceptors (Lipinski definition) is 2. The molecule has 82 valence electrons. The molecule has 3 heteroatoms. The predicted octanol–water partition coefficient (Wildman–Crippen LogP) is 3.09. The van der Waals surface area contributed by atoms with Crippen molar-refractivity contribution in [1.29, 1.82) is 0 Å². The minimum Gasteiger partial charge on any atom is -0.462 e. The van der Waals surface area contributed by atoms with Crippen molar-refractivity contribution in [2.45, 2.75) is 26.7 Å². The first-order valence-corrected chi connectivity index (χ1v) is 5.08. The Morgan fingerprint density at radius 3 is 2.80 bits per heavy atom. The molecule has 1 aromatic carbocycles. The maximum atomic E-state index is 12.8. The van der Waals surface area contributed by atoms with Crippen molar-refractivity contribution in [3.8, 4) is 0 Å². The van der Waals surface area contributed by atoms with Crippen LogP contribution in [-0.4, -0.2) is 12.6 Å². The fourth-order valence-electron chi connectivity index (χ4n) is 1.24. The van der Waals surface area contributed by atoms with Crippen LogP contribution in [0.1, 0.15) is 35.7 Å². The number of unbranched alkanes of at least 4 members (excludes halogenated alkanes) is 1. The minimum absolute atomic E-state index is 0.336. The fraction of sp³-hybridized carbons (Fsp3) is 0.417. The number of aryl methyl sites for hydroxylation is 1. The Morgan fingerprint density at radius 1 is 1.47 bits per heavy atom. The third-order valence-electron chi connectivity index (χ3n) is 2.14. The first-order chi connectivity index (χ1) is 7.15. The summed E-state index contributed by atoms with van der Waals surface area (Å²) in [5.41, 5.74) is 1.05. The lowest BCUT2D eigenvalue weighted by Crippen LogP contribution is -2.08. The molecule has 0 saturated carbocycles. The van der Waals surface area contributed by atoms with E-state index in [4.69, 9.17) is 4.74 Å². The summed E-state index contributed by atoms with van der Waals surface area (Å²) in [7, 11) is 0. The van der Waals surface area contributed by atoms with E-state index in [-0.39, 0.29) is 11.8 Å². The van der Waals surface area contributed by atoms with E-state index in [1.165, 1.54) is 18.2 Å². The van der Waals surface area contributed by atoms with Gasteiger partial charge in [0.25, 0.3) is 0 Å². The van der Waals surface area contributed by atoms with Crippen LogP contribution in [0.25, 0.3) is 0 Å². The zero-order valence-corrected chi connectivity index (χ0v) is 9.05. The van der Waals surface area contributed by atoms with Gasteiger partial charge in [0, 0.05) is 0 Å². The molecule has 0 heterocycles. The van der Waals surface area contributed by atoms with Crippen molar-refractivity contribution in [2.24, 2.45) is 0 Å². The van der Waals surface area contributed by atoms with Gasteiger partial charge in [0.2, 0.25) is 0 Å². The van der Waals surface area contributed by atoms with E-state index in [0.29, 0.717) is 17.7 Å². The Kier molecular flexibility index (Phi) is 4.28. The van der Waals surface area contributed by atoms with Crippen LogP contribution in [-0.2, 0) is 4.74 Å². The van der Waals surface area contributed by atoms with Crippen LogP contribution in [0.4, 0.5) is 4.39 Å². The molecule has 0 N–H and O–H groups in total. The van der Waals surface area contributed by atoms with Gasteiger partial charge >= 0.3 is 5.97 Å². The lowest BCUT2D eigenvalue weighted by atomic mass is 10.1. The second-order valence-electron chi connectivity index (χ2n) is 3.45. The summed E-state index contributed by atoms with van der Waals surface area (Å²) in [6.07, 6.45) is 1.83. The SMILES string of the molecule is CCCCOC(=O)c1ccc(F)cc1C. The molecule has 0 aliphatic rings. The molecule has 0 bridgehead atoms. The van der Waals surface area contributed by atoms with E-state index >= 15 is 0 Å². The Balaban J connectivity index is 2.65. The molecular weight excluding hydrogens is 195 g/mol.